The van der Waals surface area contributed by atoms with E-state index in [-0.39, 0.29) is 11.2 Å². The molecule has 3 rings (SSSR count). The lowest BCUT2D eigenvalue weighted by Crippen LogP contribution is -1.92. The summed E-state index contributed by atoms with van der Waals surface area (Å²) >= 11 is 11.7. The molecule has 4 heteroatoms. The van der Waals surface area contributed by atoms with Gasteiger partial charge < -0.3 is 0 Å². The number of halogens is 3. The first-order valence-corrected chi connectivity index (χ1v) is 7.83. The molecule has 19 heavy (non-hydrogen) atoms. The molecule has 0 aliphatic carbocycles. The van der Waals surface area contributed by atoms with Gasteiger partial charge in [-0.3, -0.25) is 0 Å². The van der Waals surface area contributed by atoms with Crippen molar-refractivity contribution in [3.05, 3.63) is 69.3 Å². The van der Waals surface area contributed by atoms with E-state index in [0.29, 0.717) is 0 Å². The highest BCUT2D eigenvalue weighted by atomic mass is 79.9. The second-order valence-electron chi connectivity index (χ2n) is 4.22. The van der Waals surface area contributed by atoms with E-state index in [9.17, 15) is 4.39 Å². The molecule has 1 unspecified atom stereocenters. The van der Waals surface area contributed by atoms with Gasteiger partial charge in [0.2, 0.25) is 0 Å². The average molecular weight is 356 g/mol. The maximum absolute atomic E-state index is 13.0. The minimum absolute atomic E-state index is 0.245. The number of thiophene rings is 1. The molecule has 1 aromatic heterocycles. The number of hydrogen-bond donors (Lipinski definition) is 0. The third-order valence-corrected chi connectivity index (χ3v) is 5.48. The topological polar surface area (TPSA) is 0 Å². The minimum atomic E-state index is -0.261. The smallest absolute Gasteiger partial charge is 0.123 e. The van der Waals surface area contributed by atoms with Crippen LogP contribution in [0.1, 0.15) is 16.5 Å². The largest absolute Gasteiger partial charge is 0.207 e. The normalized spacial score (nSPS) is 12.8. The van der Waals surface area contributed by atoms with Crippen LogP contribution in [-0.4, -0.2) is 0 Å². The molecular formula is C15H9BrClFS. The Labute approximate surface area is 128 Å². The zero-order chi connectivity index (χ0) is 13.4. The molecule has 1 atom stereocenters. The van der Waals surface area contributed by atoms with Crippen molar-refractivity contribution in [1.82, 2.24) is 0 Å². The van der Waals surface area contributed by atoms with E-state index in [1.807, 2.05) is 12.1 Å². The van der Waals surface area contributed by atoms with Gasteiger partial charge in [-0.15, -0.1) is 22.9 Å². The number of fused-ring (bicyclic) bond motifs is 1. The van der Waals surface area contributed by atoms with E-state index in [4.69, 9.17) is 11.6 Å². The summed E-state index contributed by atoms with van der Waals surface area (Å²) in [5, 5.41) is 2.95. The summed E-state index contributed by atoms with van der Waals surface area (Å²) < 4.78 is 15.2. The van der Waals surface area contributed by atoms with Crippen LogP contribution in [0.3, 0.4) is 0 Å². The van der Waals surface area contributed by atoms with Gasteiger partial charge in [-0.05, 0) is 56.0 Å². The van der Waals surface area contributed by atoms with Crippen molar-refractivity contribution in [3.63, 3.8) is 0 Å². The van der Waals surface area contributed by atoms with Crippen LogP contribution in [0.4, 0.5) is 4.39 Å². The van der Waals surface area contributed by atoms with Gasteiger partial charge in [0.25, 0.3) is 0 Å². The Hall–Kier alpha value is -0.900. The molecule has 0 amide bonds. The number of rotatable bonds is 2. The van der Waals surface area contributed by atoms with Crippen molar-refractivity contribution >= 4 is 49.0 Å². The van der Waals surface area contributed by atoms with E-state index in [2.05, 4.69) is 27.4 Å². The van der Waals surface area contributed by atoms with Crippen molar-refractivity contribution in [2.24, 2.45) is 0 Å². The molecule has 3 aromatic rings. The molecule has 0 saturated heterocycles. The number of alkyl halides is 1. The van der Waals surface area contributed by atoms with Crippen molar-refractivity contribution < 1.29 is 4.39 Å². The molecule has 0 N–H and O–H groups in total. The van der Waals surface area contributed by atoms with Gasteiger partial charge in [0.15, 0.2) is 0 Å². The fourth-order valence-corrected chi connectivity index (χ4v) is 4.10. The van der Waals surface area contributed by atoms with E-state index in [0.717, 1.165) is 21.0 Å². The highest BCUT2D eigenvalue weighted by molar-refractivity contribution is 9.10. The van der Waals surface area contributed by atoms with Gasteiger partial charge in [-0.1, -0.05) is 24.3 Å². The Morgan fingerprint density at radius 2 is 1.84 bits per heavy atom. The Balaban J connectivity index is 2.09. The van der Waals surface area contributed by atoms with E-state index in [1.54, 1.807) is 23.5 Å². The van der Waals surface area contributed by atoms with E-state index < -0.39 is 0 Å². The molecule has 96 valence electrons. The quantitative estimate of drug-likeness (QED) is 0.485. The second-order valence-corrected chi connectivity index (χ2v) is 6.39. The minimum Gasteiger partial charge on any atom is -0.207 e. The highest BCUT2D eigenvalue weighted by Crippen LogP contribution is 2.39. The predicted octanol–water partition coefficient (Wildman–Crippen LogP) is 6.13. The molecule has 2 aromatic carbocycles. The summed E-state index contributed by atoms with van der Waals surface area (Å²) in [5.41, 5.74) is 1.97. The third kappa shape index (κ3) is 2.42. The molecule has 0 saturated carbocycles. The van der Waals surface area contributed by atoms with Crippen LogP contribution in [0.2, 0.25) is 0 Å². The van der Waals surface area contributed by atoms with Crippen LogP contribution < -0.4 is 0 Å². The van der Waals surface area contributed by atoms with Crippen molar-refractivity contribution in [3.8, 4) is 0 Å². The van der Waals surface area contributed by atoms with Crippen LogP contribution in [0.5, 0.6) is 0 Å². The zero-order valence-electron chi connectivity index (χ0n) is 9.74. The molecule has 0 aliphatic rings. The first-order chi connectivity index (χ1) is 9.16. The van der Waals surface area contributed by atoms with Crippen molar-refractivity contribution in [1.29, 1.82) is 0 Å². The summed E-state index contributed by atoms with van der Waals surface area (Å²) in [5.74, 6) is -0.245. The number of hydrogen-bond acceptors (Lipinski definition) is 1. The fourth-order valence-electron chi connectivity index (χ4n) is 2.05. The molecule has 0 radical (unpaired) electrons. The number of benzene rings is 2. The van der Waals surface area contributed by atoms with Gasteiger partial charge in [0.1, 0.15) is 5.82 Å². The molecule has 0 bridgehead atoms. The predicted molar refractivity (Wildman–Crippen MR) is 83.6 cm³/mol. The Kier molecular flexibility index (Phi) is 3.61. The highest BCUT2D eigenvalue weighted by Gasteiger charge is 2.16. The van der Waals surface area contributed by atoms with Gasteiger partial charge in [0, 0.05) is 9.17 Å². The maximum Gasteiger partial charge on any atom is 0.123 e. The summed E-state index contributed by atoms with van der Waals surface area (Å²) in [6.07, 6.45) is 0. The van der Waals surface area contributed by atoms with Crippen molar-refractivity contribution in [2.75, 3.05) is 0 Å². The molecule has 0 aliphatic heterocycles. The lowest BCUT2D eigenvalue weighted by molar-refractivity contribution is 0.627. The van der Waals surface area contributed by atoms with Crippen molar-refractivity contribution in [2.45, 2.75) is 5.38 Å². The van der Waals surface area contributed by atoms with E-state index >= 15 is 0 Å². The molecule has 1 heterocycles. The lowest BCUT2D eigenvalue weighted by atomic mass is 10.0. The summed E-state index contributed by atoms with van der Waals surface area (Å²) in [6.45, 7) is 0. The van der Waals surface area contributed by atoms with Gasteiger partial charge in [-0.2, -0.15) is 0 Å². The van der Waals surface area contributed by atoms with Crippen LogP contribution in [-0.2, 0) is 0 Å². The van der Waals surface area contributed by atoms with Gasteiger partial charge in [-0.25, -0.2) is 4.39 Å². The molecule has 0 fully saturated rings. The maximum atomic E-state index is 13.0. The van der Waals surface area contributed by atoms with Crippen LogP contribution in [0.25, 0.3) is 10.1 Å². The summed E-state index contributed by atoms with van der Waals surface area (Å²) in [6, 6.07) is 12.4. The zero-order valence-corrected chi connectivity index (χ0v) is 12.9. The first-order valence-electron chi connectivity index (χ1n) is 5.72. The summed E-state index contributed by atoms with van der Waals surface area (Å²) in [4.78, 5) is 0. The van der Waals surface area contributed by atoms with E-state index in [1.165, 1.54) is 16.8 Å². The third-order valence-electron chi connectivity index (χ3n) is 3.02. The second kappa shape index (κ2) is 5.23. The first kappa shape index (κ1) is 13.1. The SMILES string of the molecule is Fc1ccc(C(Cl)c2csc3c(Br)cccc23)cc1. The van der Waals surface area contributed by atoms with Crippen LogP contribution in [0.15, 0.2) is 52.3 Å². The van der Waals surface area contributed by atoms with Gasteiger partial charge in [0.05, 0.1) is 5.38 Å². The van der Waals surface area contributed by atoms with Crippen LogP contribution in [0, 0.1) is 5.82 Å². The molecule has 0 nitrogen and oxygen atoms in total. The van der Waals surface area contributed by atoms with Gasteiger partial charge >= 0.3 is 0 Å². The Morgan fingerprint density at radius 1 is 1.11 bits per heavy atom. The Bertz CT molecular complexity index is 721. The molecule has 0 spiro atoms. The monoisotopic (exact) mass is 354 g/mol. The van der Waals surface area contributed by atoms with Crippen LogP contribution >= 0.6 is 38.9 Å². The standard InChI is InChI=1S/C15H9BrClFS/c16-13-3-1-2-11-12(8-19-15(11)13)14(17)9-4-6-10(18)7-5-9/h1-8,14H. The fraction of sp³-hybridized carbons (Fsp3) is 0.0667. The Morgan fingerprint density at radius 3 is 2.58 bits per heavy atom. The molecular weight excluding hydrogens is 347 g/mol. The summed E-state index contributed by atoms with van der Waals surface area (Å²) in [7, 11) is 0. The average Bonchev–Trinajstić information content (AvgIpc) is 2.84. The lowest BCUT2D eigenvalue weighted by Gasteiger charge is -2.09.